The highest BCUT2D eigenvalue weighted by Crippen LogP contribution is 2.43. The Labute approximate surface area is 204 Å². The monoisotopic (exact) mass is 519 g/mol. The number of carbonyl (C=O) groups excluding carboxylic acids is 1. The zero-order chi connectivity index (χ0) is 24.1. The summed E-state index contributed by atoms with van der Waals surface area (Å²) in [6.07, 6.45) is 0. The summed E-state index contributed by atoms with van der Waals surface area (Å²) in [5.74, 6) is 0.758. The maximum absolute atomic E-state index is 13.8. The minimum Gasteiger partial charge on any atom is -0.493 e. The van der Waals surface area contributed by atoms with Crippen LogP contribution in [0.15, 0.2) is 68.3 Å². The van der Waals surface area contributed by atoms with Crippen LogP contribution in [0.3, 0.4) is 0 Å². The maximum atomic E-state index is 13.8. The van der Waals surface area contributed by atoms with E-state index in [-0.39, 0.29) is 17.1 Å². The Kier molecular flexibility index (Phi) is 5.44. The number of hydrogen-bond donors (Lipinski definition) is 0. The molecule has 2 heterocycles. The lowest BCUT2D eigenvalue weighted by molar-refractivity contribution is 0.0971. The topological polar surface area (TPSA) is 69.0 Å². The van der Waals surface area contributed by atoms with Gasteiger partial charge in [-0.1, -0.05) is 22.0 Å². The Morgan fingerprint density at radius 3 is 2.24 bits per heavy atom. The number of halogens is 1. The third-order valence-corrected chi connectivity index (χ3v) is 6.84. The van der Waals surface area contributed by atoms with Crippen molar-refractivity contribution in [1.29, 1.82) is 0 Å². The molecule has 5 rings (SSSR count). The summed E-state index contributed by atoms with van der Waals surface area (Å²) in [6.45, 7) is 3.90. The van der Waals surface area contributed by atoms with Crippen molar-refractivity contribution >= 4 is 38.5 Å². The largest absolute Gasteiger partial charge is 0.493 e. The molecule has 1 aliphatic heterocycles. The number of methoxy groups -OCH3 is 2. The first kappa shape index (κ1) is 22.2. The van der Waals surface area contributed by atoms with Crippen LogP contribution in [0, 0.1) is 13.8 Å². The average Bonchev–Trinajstić information content (AvgIpc) is 3.13. The van der Waals surface area contributed by atoms with Crippen molar-refractivity contribution in [2.24, 2.45) is 0 Å². The standard InChI is InChI=1S/C27H22BrNO5/c1-14-11-19-21(12-15(14)2)34-26-23(25(19)30)24(16-5-10-20(32-3)22(13-16)33-4)29(27(26)31)18-8-6-17(28)7-9-18/h5-13,24H,1-4H3. The van der Waals surface area contributed by atoms with E-state index >= 15 is 0 Å². The molecule has 6 nitrogen and oxygen atoms in total. The summed E-state index contributed by atoms with van der Waals surface area (Å²) in [7, 11) is 3.11. The van der Waals surface area contributed by atoms with Crippen molar-refractivity contribution in [3.63, 3.8) is 0 Å². The Hall–Kier alpha value is -3.58. The molecule has 0 N–H and O–H groups in total. The first-order valence-electron chi connectivity index (χ1n) is 10.7. The van der Waals surface area contributed by atoms with Crippen LogP contribution in [0.25, 0.3) is 11.0 Å². The number of amides is 1. The highest BCUT2D eigenvalue weighted by Gasteiger charge is 2.44. The molecule has 1 amide bonds. The number of benzene rings is 3. The molecule has 1 aromatic heterocycles. The summed E-state index contributed by atoms with van der Waals surface area (Å²) in [6, 6.07) is 15.7. The Morgan fingerprint density at radius 2 is 1.56 bits per heavy atom. The number of aryl methyl sites for hydroxylation is 2. The fourth-order valence-electron chi connectivity index (χ4n) is 4.43. The smallest absolute Gasteiger partial charge is 0.295 e. The zero-order valence-electron chi connectivity index (χ0n) is 19.1. The van der Waals surface area contributed by atoms with Gasteiger partial charge in [-0.15, -0.1) is 0 Å². The minimum atomic E-state index is -0.689. The summed E-state index contributed by atoms with van der Waals surface area (Å²) < 4.78 is 17.9. The van der Waals surface area contributed by atoms with E-state index in [2.05, 4.69) is 15.9 Å². The van der Waals surface area contributed by atoms with E-state index in [9.17, 15) is 9.59 Å². The molecule has 34 heavy (non-hydrogen) atoms. The second-order valence-electron chi connectivity index (χ2n) is 8.28. The van der Waals surface area contributed by atoms with E-state index in [0.717, 1.165) is 15.6 Å². The molecule has 0 aliphatic carbocycles. The van der Waals surface area contributed by atoms with Gasteiger partial charge in [-0.2, -0.15) is 0 Å². The fourth-order valence-corrected chi connectivity index (χ4v) is 4.70. The molecule has 0 saturated carbocycles. The normalized spacial score (nSPS) is 15.0. The minimum absolute atomic E-state index is 0.0588. The van der Waals surface area contributed by atoms with E-state index in [4.69, 9.17) is 13.9 Å². The highest BCUT2D eigenvalue weighted by molar-refractivity contribution is 9.10. The Morgan fingerprint density at radius 1 is 0.882 bits per heavy atom. The molecule has 0 bridgehead atoms. The highest BCUT2D eigenvalue weighted by atomic mass is 79.9. The molecule has 0 spiro atoms. The molecule has 1 atom stereocenters. The SMILES string of the molecule is COc1ccc(C2c3c(oc4cc(C)c(C)cc4c3=O)C(=O)N2c2ccc(Br)cc2)cc1OC. The lowest BCUT2D eigenvalue weighted by Crippen LogP contribution is -2.29. The van der Waals surface area contributed by atoms with Crippen LogP contribution >= 0.6 is 15.9 Å². The van der Waals surface area contributed by atoms with Crippen molar-refractivity contribution < 1.29 is 18.7 Å². The number of rotatable bonds is 4. The van der Waals surface area contributed by atoms with Gasteiger partial charge in [0.2, 0.25) is 5.76 Å². The predicted molar refractivity (Wildman–Crippen MR) is 134 cm³/mol. The summed E-state index contributed by atoms with van der Waals surface area (Å²) in [5, 5.41) is 0.456. The third-order valence-electron chi connectivity index (χ3n) is 6.31. The van der Waals surface area contributed by atoms with E-state index in [0.29, 0.717) is 39.3 Å². The van der Waals surface area contributed by atoms with Crippen LogP contribution in [0.4, 0.5) is 5.69 Å². The molecule has 7 heteroatoms. The first-order valence-corrected chi connectivity index (χ1v) is 11.5. The molecule has 172 valence electrons. The number of carbonyl (C=O) groups is 1. The molecule has 0 radical (unpaired) electrons. The van der Waals surface area contributed by atoms with Gasteiger partial charge < -0.3 is 13.9 Å². The quantitative estimate of drug-likeness (QED) is 0.333. The van der Waals surface area contributed by atoms with Crippen molar-refractivity contribution in [3.8, 4) is 11.5 Å². The molecule has 0 saturated heterocycles. The number of hydrogen-bond acceptors (Lipinski definition) is 5. The van der Waals surface area contributed by atoms with Gasteiger partial charge in [0.1, 0.15) is 5.58 Å². The average molecular weight is 520 g/mol. The van der Waals surface area contributed by atoms with Crippen LogP contribution in [-0.4, -0.2) is 20.1 Å². The lowest BCUT2D eigenvalue weighted by Gasteiger charge is -2.26. The summed E-state index contributed by atoms with van der Waals surface area (Å²) >= 11 is 3.44. The van der Waals surface area contributed by atoms with E-state index in [1.54, 1.807) is 31.3 Å². The number of anilines is 1. The summed E-state index contributed by atoms with van der Waals surface area (Å²) in [4.78, 5) is 29.1. The van der Waals surface area contributed by atoms with Gasteiger partial charge in [0, 0.05) is 10.2 Å². The van der Waals surface area contributed by atoms with Crippen LogP contribution in [0.1, 0.15) is 38.9 Å². The van der Waals surface area contributed by atoms with Crippen molar-refractivity contribution in [3.05, 3.63) is 97.3 Å². The fraction of sp³-hybridized carbons (Fsp3) is 0.185. The molecular weight excluding hydrogens is 498 g/mol. The first-order chi connectivity index (χ1) is 16.3. The van der Waals surface area contributed by atoms with E-state index in [1.807, 2.05) is 56.3 Å². The van der Waals surface area contributed by atoms with Gasteiger partial charge in [0.25, 0.3) is 5.91 Å². The predicted octanol–water partition coefficient (Wildman–Crippen LogP) is 5.94. The third kappa shape index (κ3) is 3.39. The molecule has 3 aromatic carbocycles. The van der Waals surface area contributed by atoms with Crippen LogP contribution in [0.5, 0.6) is 11.5 Å². The van der Waals surface area contributed by atoms with E-state index in [1.165, 1.54) is 0 Å². The van der Waals surface area contributed by atoms with Gasteiger partial charge in [-0.05, 0) is 79.1 Å². The van der Waals surface area contributed by atoms with Gasteiger partial charge in [0.05, 0.1) is 31.2 Å². The number of ether oxygens (including phenoxy) is 2. The Bertz CT molecular complexity index is 1510. The number of fused-ring (bicyclic) bond motifs is 2. The zero-order valence-corrected chi connectivity index (χ0v) is 20.7. The van der Waals surface area contributed by atoms with Crippen molar-refractivity contribution in [2.75, 3.05) is 19.1 Å². The summed E-state index contributed by atoms with van der Waals surface area (Å²) in [5.41, 5.74) is 3.84. The van der Waals surface area contributed by atoms with Crippen molar-refractivity contribution in [1.82, 2.24) is 0 Å². The second-order valence-corrected chi connectivity index (χ2v) is 9.19. The van der Waals surface area contributed by atoms with E-state index < -0.39 is 6.04 Å². The van der Waals surface area contributed by atoms with Gasteiger partial charge in [-0.25, -0.2) is 0 Å². The van der Waals surface area contributed by atoms with Crippen molar-refractivity contribution in [2.45, 2.75) is 19.9 Å². The van der Waals surface area contributed by atoms with Gasteiger partial charge >= 0.3 is 0 Å². The molecule has 1 unspecified atom stereocenters. The second kappa shape index (κ2) is 8.33. The molecule has 1 aliphatic rings. The molecular formula is C27H22BrNO5. The number of nitrogens with zero attached hydrogens (tertiary/aromatic N) is 1. The van der Waals surface area contributed by atoms with Crippen LogP contribution in [-0.2, 0) is 0 Å². The lowest BCUT2D eigenvalue weighted by atomic mass is 9.97. The van der Waals surface area contributed by atoms with Crippen LogP contribution < -0.4 is 19.8 Å². The maximum Gasteiger partial charge on any atom is 0.295 e. The Balaban J connectivity index is 1.82. The molecule has 0 fully saturated rings. The van der Waals surface area contributed by atoms with Gasteiger partial charge in [0.15, 0.2) is 16.9 Å². The van der Waals surface area contributed by atoms with Gasteiger partial charge in [-0.3, -0.25) is 14.5 Å². The van der Waals surface area contributed by atoms with Crippen LogP contribution in [0.2, 0.25) is 0 Å². The molecule has 4 aromatic rings.